The highest BCUT2D eigenvalue weighted by atomic mass is 32.1. The van der Waals surface area contributed by atoms with E-state index < -0.39 is 0 Å². The summed E-state index contributed by atoms with van der Waals surface area (Å²) in [6.45, 7) is 0.0535. The van der Waals surface area contributed by atoms with Crippen LogP contribution in [0.4, 0.5) is 11.8 Å². The zero-order valence-corrected chi connectivity index (χ0v) is 9.37. The number of nitrogens with two attached hydrogens (primary N) is 1. The lowest BCUT2D eigenvalue weighted by atomic mass is 10.4. The van der Waals surface area contributed by atoms with Gasteiger partial charge in [-0.1, -0.05) is 0 Å². The van der Waals surface area contributed by atoms with Crippen LogP contribution in [-0.4, -0.2) is 29.6 Å². The summed E-state index contributed by atoms with van der Waals surface area (Å²) in [7, 11) is 1.33. The molecule has 0 saturated heterocycles. The van der Waals surface area contributed by atoms with Crippen LogP contribution in [-0.2, 0) is 9.53 Å². The molecule has 0 bridgehead atoms. The number of rotatable bonds is 3. The first-order valence-corrected chi connectivity index (χ1v) is 5.40. The third kappa shape index (κ3) is 2.03. The number of nitrogen functional groups attached to an aromatic ring is 1. The molecule has 0 saturated carbocycles. The maximum atomic E-state index is 11.0. The van der Waals surface area contributed by atoms with Crippen LogP contribution in [0.1, 0.15) is 0 Å². The molecule has 2 aromatic heterocycles. The summed E-state index contributed by atoms with van der Waals surface area (Å²) in [6.07, 6.45) is 0. The third-order valence-electron chi connectivity index (χ3n) is 1.97. The molecule has 0 spiro atoms. The number of ether oxygens (including phenoxy) is 1. The van der Waals surface area contributed by atoms with Crippen LogP contribution < -0.4 is 11.1 Å². The molecule has 2 rings (SSSR count). The maximum Gasteiger partial charge on any atom is 0.325 e. The fraction of sp³-hybridized carbons (Fsp3) is 0.222. The zero-order valence-electron chi connectivity index (χ0n) is 8.56. The number of hydrogen-bond donors (Lipinski definition) is 2. The Morgan fingerprint density at radius 2 is 2.44 bits per heavy atom. The highest BCUT2D eigenvalue weighted by Crippen LogP contribution is 2.25. The molecule has 7 heteroatoms. The van der Waals surface area contributed by atoms with Gasteiger partial charge in [0, 0.05) is 0 Å². The number of anilines is 2. The minimum absolute atomic E-state index is 0.0535. The van der Waals surface area contributed by atoms with Crippen LogP contribution in [0, 0.1) is 0 Å². The number of methoxy groups -OCH3 is 1. The van der Waals surface area contributed by atoms with Gasteiger partial charge in [0.2, 0.25) is 5.95 Å². The van der Waals surface area contributed by atoms with E-state index in [1.165, 1.54) is 18.4 Å². The lowest BCUT2D eigenvalue weighted by molar-refractivity contribution is -0.138. The third-order valence-corrected chi connectivity index (χ3v) is 2.78. The molecule has 0 aliphatic rings. The molecule has 0 aliphatic carbocycles. The van der Waals surface area contributed by atoms with Gasteiger partial charge in [-0.15, -0.1) is 11.3 Å². The van der Waals surface area contributed by atoms with E-state index in [2.05, 4.69) is 20.0 Å². The van der Waals surface area contributed by atoms with Crippen molar-refractivity contribution in [2.75, 3.05) is 24.7 Å². The Bertz CT molecular complexity index is 525. The summed E-state index contributed by atoms with van der Waals surface area (Å²) >= 11 is 1.47. The number of nitrogens with one attached hydrogen (secondary N) is 1. The largest absolute Gasteiger partial charge is 0.468 e. The lowest BCUT2D eigenvalue weighted by Gasteiger charge is -2.05. The molecule has 2 aromatic rings. The molecule has 84 valence electrons. The number of esters is 1. The Labute approximate surface area is 95.5 Å². The summed E-state index contributed by atoms with van der Waals surface area (Å²) in [4.78, 5) is 19.9. The van der Waals surface area contributed by atoms with Crippen molar-refractivity contribution in [3.05, 3.63) is 11.4 Å². The van der Waals surface area contributed by atoms with Gasteiger partial charge in [-0.2, -0.15) is 4.98 Å². The van der Waals surface area contributed by atoms with Crippen molar-refractivity contribution >= 4 is 39.3 Å². The minimum Gasteiger partial charge on any atom is -0.468 e. The Hall–Kier alpha value is -1.89. The van der Waals surface area contributed by atoms with Gasteiger partial charge in [-0.3, -0.25) is 4.79 Å². The maximum absolute atomic E-state index is 11.0. The molecule has 16 heavy (non-hydrogen) atoms. The van der Waals surface area contributed by atoms with Crippen molar-refractivity contribution in [1.82, 2.24) is 9.97 Å². The average molecular weight is 238 g/mol. The molecule has 0 amide bonds. The predicted octanol–water partition coefficient (Wildman–Crippen LogP) is 0.858. The highest BCUT2D eigenvalue weighted by molar-refractivity contribution is 7.16. The van der Waals surface area contributed by atoms with Crippen LogP contribution in [0.2, 0.25) is 0 Å². The van der Waals surface area contributed by atoms with E-state index in [0.29, 0.717) is 5.82 Å². The summed E-state index contributed by atoms with van der Waals surface area (Å²) in [5.74, 6) is 0.372. The molecular weight excluding hydrogens is 228 g/mol. The Balaban J connectivity index is 2.28. The number of carbonyl (C=O) groups is 1. The van der Waals surface area contributed by atoms with Gasteiger partial charge >= 0.3 is 5.97 Å². The van der Waals surface area contributed by atoms with E-state index >= 15 is 0 Å². The Kier molecular flexibility index (Phi) is 2.86. The summed E-state index contributed by atoms with van der Waals surface area (Å²) in [6, 6.07) is 1.87. The first-order chi connectivity index (χ1) is 7.70. The van der Waals surface area contributed by atoms with E-state index in [9.17, 15) is 4.79 Å². The van der Waals surface area contributed by atoms with Gasteiger partial charge in [-0.05, 0) is 11.4 Å². The fourth-order valence-electron chi connectivity index (χ4n) is 1.23. The number of fused-ring (bicyclic) bond motifs is 1. The number of thiophene rings is 1. The summed E-state index contributed by atoms with van der Waals surface area (Å²) in [5.41, 5.74) is 5.55. The highest BCUT2D eigenvalue weighted by Gasteiger charge is 2.08. The van der Waals surface area contributed by atoms with Gasteiger partial charge in [0.1, 0.15) is 17.2 Å². The van der Waals surface area contributed by atoms with Gasteiger partial charge in [0.25, 0.3) is 0 Å². The minimum atomic E-state index is -0.361. The van der Waals surface area contributed by atoms with Crippen molar-refractivity contribution in [2.45, 2.75) is 0 Å². The fourth-order valence-corrected chi connectivity index (χ4v) is 2.01. The number of carbonyl (C=O) groups excluding carboxylic acids is 1. The average Bonchev–Trinajstić information content (AvgIpc) is 2.73. The van der Waals surface area contributed by atoms with Crippen LogP contribution in [0.3, 0.4) is 0 Å². The second-order valence-corrected chi connectivity index (χ2v) is 3.89. The molecule has 2 heterocycles. The van der Waals surface area contributed by atoms with Crippen molar-refractivity contribution in [3.63, 3.8) is 0 Å². The first kappa shape index (κ1) is 10.6. The van der Waals surface area contributed by atoms with E-state index in [0.717, 1.165) is 10.2 Å². The van der Waals surface area contributed by atoms with E-state index in [1.807, 2.05) is 11.4 Å². The first-order valence-electron chi connectivity index (χ1n) is 4.52. The predicted molar refractivity (Wildman–Crippen MR) is 62.3 cm³/mol. The second-order valence-electron chi connectivity index (χ2n) is 3.00. The quantitative estimate of drug-likeness (QED) is 0.771. The topological polar surface area (TPSA) is 90.1 Å². The summed E-state index contributed by atoms with van der Waals surface area (Å²) in [5, 5.41) is 5.61. The van der Waals surface area contributed by atoms with Gasteiger partial charge in [0.05, 0.1) is 12.5 Å². The Morgan fingerprint density at radius 1 is 1.62 bits per heavy atom. The molecule has 0 radical (unpaired) electrons. The van der Waals surface area contributed by atoms with Gasteiger partial charge in [0.15, 0.2) is 0 Å². The van der Waals surface area contributed by atoms with E-state index in [-0.39, 0.29) is 18.5 Å². The number of hydrogen-bond acceptors (Lipinski definition) is 7. The van der Waals surface area contributed by atoms with E-state index in [4.69, 9.17) is 5.73 Å². The Morgan fingerprint density at radius 3 is 3.19 bits per heavy atom. The molecule has 3 N–H and O–H groups in total. The van der Waals surface area contributed by atoms with Crippen LogP contribution in [0.15, 0.2) is 11.4 Å². The SMILES string of the molecule is COC(=O)CNc1nc(N)nc2sccc12. The molecule has 6 nitrogen and oxygen atoms in total. The molecule has 0 aromatic carbocycles. The molecule has 0 atom stereocenters. The van der Waals surface area contributed by atoms with Crippen molar-refractivity contribution in [1.29, 1.82) is 0 Å². The van der Waals surface area contributed by atoms with Crippen molar-refractivity contribution in [3.8, 4) is 0 Å². The monoisotopic (exact) mass is 238 g/mol. The number of nitrogens with zero attached hydrogens (tertiary/aromatic N) is 2. The van der Waals surface area contributed by atoms with Crippen LogP contribution in [0.25, 0.3) is 10.2 Å². The lowest BCUT2D eigenvalue weighted by Crippen LogP contribution is -2.16. The normalized spacial score (nSPS) is 10.3. The van der Waals surface area contributed by atoms with Crippen molar-refractivity contribution in [2.24, 2.45) is 0 Å². The molecule has 0 unspecified atom stereocenters. The standard InChI is InChI=1S/C9H10N4O2S/c1-15-6(14)4-11-7-5-2-3-16-8(5)13-9(10)12-7/h2-3H,4H2,1H3,(H3,10,11,12,13). The summed E-state index contributed by atoms with van der Waals surface area (Å²) < 4.78 is 4.52. The molecule has 0 aliphatic heterocycles. The smallest absolute Gasteiger partial charge is 0.325 e. The van der Waals surface area contributed by atoms with Crippen LogP contribution in [0.5, 0.6) is 0 Å². The van der Waals surface area contributed by atoms with E-state index in [1.54, 1.807) is 0 Å². The van der Waals surface area contributed by atoms with Gasteiger partial charge in [-0.25, -0.2) is 4.98 Å². The zero-order chi connectivity index (χ0) is 11.5. The van der Waals surface area contributed by atoms with Crippen LogP contribution >= 0.6 is 11.3 Å². The molecular formula is C9H10N4O2S. The second kappa shape index (κ2) is 4.31. The molecule has 0 fully saturated rings. The number of aromatic nitrogens is 2. The van der Waals surface area contributed by atoms with Gasteiger partial charge < -0.3 is 15.8 Å². The van der Waals surface area contributed by atoms with Crippen molar-refractivity contribution < 1.29 is 9.53 Å².